The predicted molar refractivity (Wildman–Crippen MR) is 86.6 cm³/mol. The van der Waals surface area contributed by atoms with E-state index in [2.05, 4.69) is 0 Å². The standard InChI is InChI=1S/C15H18N2O6S/c1-8-4-5-11(24(17,21)22)6-12(8)15(20)23-7-13(19)14(9(2)16)10(3)18/h4-6,16,19H,7H2,1-3H3,(H2,17,21,22)/b14-13-,16-9?. The molecule has 1 aromatic carbocycles. The molecule has 0 heterocycles. The first-order chi connectivity index (χ1) is 10.9. The highest BCUT2D eigenvalue weighted by molar-refractivity contribution is 7.89. The molecule has 0 saturated heterocycles. The Morgan fingerprint density at radius 2 is 1.88 bits per heavy atom. The SMILES string of the molecule is CC(=N)/C(C(C)=O)=C(/O)COC(=O)c1cc(S(N)(=O)=O)ccc1C. The van der Waals surface area contributed by atoms with Crippen LogP contribution in [0, 0.1) is 12.3 Å². The normalized spacial score (nSPS) is 12.3. The van der Waals surface area contributed by atoms with Crippen molar-refractivity contribution < 1.29 is 27.9 Å². The molecule has 1 aromatic rings. The third-order valence-electron chi connectivity index (χ3n) is 3.11. The number of allylic oxidation sites excluding steroid dienone is 1. The summed E-state index contributed by atoms with van der Waals surface area (Å²) in [5.41, 5.74) is 0.0115. The van der Waals surface area contributed by atoms with Crippen LogP contribution in [-0.2, 0) is 19.6 Å². The summed E-state index contributed by atoms with van der Waals surface area (Å²) in [4.78, 5) is 23.2. The maximum atomic E-state index is 12.1. The lowest BCUT2D eigenvalue weighted by atomic mass is 10.1. The van der Waals surface area contributed by atoms with E-state index in [1.807, 2.05) is 0 Å². The lowest BCUT2D eigenvalue weighted by Gasteiger charge is -2.10. The zero-order valence-corrected chi connectivity index (χ0v) is 14.2. The van der Waals surface area contributed by atoms with Crippen molar-refractivity contribution >= 4 is 27.5 Å². The third-order valence-corrected chi connectivity index (χ3v) is 4.02. The Morgan fingerprint density at radius 1 is 1.29 bits per heavy atom. The van der Waals surface area contributed by atoms with Gasteiger partial charge in [-0.3, -0.25) is 4.79 Å². The molecule has 0 unspecified atom stereocenters. The van der Waals surface area contributed by atoms with Gasteiger partial charge in [0.2, 0.25) is 10.0 Å². The van der Waals surface area contributed by atoms with Crippen molar-refractivity contribution in [2.45, 2.75) is 25.7 Å². The Morgan fingerprint density at radius 3 is 2.33 bits per heavy atom. The second-order valence-electron chi connectivity index (χ2n) is 5.10. The number of esters is 1. The maximum absolute atomic E-state index is 12.1. The minimum atomic E-state index is -3.98. The number of rotatable bonds is 6. The van der Waals surface area contributed by atoms with Crippen LogP contribution in [0.15, 0.2) is 34.4 Å². The van der Waals surface area contributed by atoms with E-state index in [9.17, 15) is 23.1 Å². The first kappa shape index (κ1) is 19.5. The van der Waals surface area contributed by atoms with E-state index in [0.717, 1.165) is 6.07 Å². The van der Waals surface area contributed by atoms with Gasteiger partial charge in [-0.1, -0.05) is 6.07 Å². The number of hydrogen-bond donors (Lipinski definition) is 3. The summed E-state index contributed by atoms with van der Waals surface area (Å²) < 4.78 is 27.6. The number of nitrogens with two attached hydrogens (primary N) is 1. The molecule has 0 aliphatic heterocycles. The van der Waals surface area contributed by atoms with Gasteiger partial charge in [-0.15, -0.1) is 0 Å². The van der Waals surface area contributed by atoms with E-state index >= 15 is 0 Å². The molecule has 0 saturated carbocycles. The summed E-state index contributed by atoms with van der Waals surface area (Å²) >= 11 is 0. The second-order valence-corrected chi connectivity index (χ2v) is 6.66. The van der Waals surface area contributed by atoms with Gasteiger partial charge < -0.3 is 15.3 Å². The topological polar surface area (TPSA) is 148 Å². The minimum Gasteiger partial charge on any atom is -0.508 e. The average Bonchev–Trinajstić information content (AvgIpc) is 2.43. The van der Waals surface area contributed by atoms with Crippen LogP contribution in [0.1, 0.15) is 29.8 Å². The van der Waals surface area contributed by atoms with Crippen molar-refractivity contribution in [1.82, 2.24) is 0 Å². The van der Waals surface area contributed by atoms with E-state index in [1.54, 1.807) is 6.92 Å². The molecular formula is C15H18N2O6S. The summed E-state index contributed by atoms with van der Waals surface area (Å²) in [6.45, 7) is 3.44. The van der Waals surface area contributed by atoms with E-state index in [0.29, 0.717) is 5.56 Å². The van der Waals surface area contributed by atoms with E-state index in [1.165, 1.54) is 26.0 Å². The second kappa shape index (κ2) is 7.37. The van der Waals surface area contributed by atoms with Crippen LogP contribution in [0.25, 0.3) is 0 Å². The zero-order valence-electron chi connectivity index (χ0n) is 13.4. The molecule has 0 fully saturated rings. The highest BCUT2D eigenvalue weighted by Gasteiger charge is 2.18. The lowest BCUT2D eigenvalue weighted by Crippen LogP contribution is -2.17. The van der Waals surface area contributed by atoms with Crippen LogP contribution in [0.2, 0.25) is 0 Å². The van der Waals surface area contributed by atoms with Gasteiger partial charge in [-0.25, -0.2) is 18.4 Å². The van der Waals surface area contributed by atoms with Crippen molar-refractivity contribution in [1.29, 1.82) is 5.41 Å². The van der Waals surface area contributed by atoms with Gasteiger partial charge in [-0.2, -0.15) is 0 Å². The van der Waals surface area contributed by atoms with Gasteiger partial charge in [0, 0.05) is 5.71 Å². The average molecular weight is 354 g/mol. The molecule has 0 atom stereocenters. The zero-order chi connectivity index (χ0) is 18.7. The summed E-state index contributed by atoms with van der Waals surface area (Å²) in [7, 11) is -3.98. The molecule has 0 aliphatic carbocycles. The number of aliphatic hydroxyl groups excluding tert-OH is 1. The summed E-state index contributed by atoms with van der Waals surface area (Å²) in [6.07, 6.45) is 0. The van der Waals surface area contributed by atoms with Crippen molar-refractivity contribution in [3.63, 3.8) is 0 Å². The van der Waals surface area contributed by atoms with Crippen LogP contribution in [0.3, 0.4) is 0 Å². The number of hydrogen-bond acceptors (Lipinski definition) is 7. The molecule has 24 heavy (non-hydrogen) atoms. The first-order valence-electron chi connectivity index (χ1n) is 6.74. The van der Waals surface area contributed by atoms with Gasteiger partial charge in [-0.05, 0) is 38.5 Å². The molecule has 0 aromatic heterocycles. The predicted octanol–water partition coefficient (Wildman–Crippen LogP) is 1.24. The summed E-state index contributed by atoms with van der Waals surface area (Å²) in [5.74, 6) is -1.98. The van der Waals surface area contributed by atoms with Gasteiger partial charge >= 0.3 is 5.97 Å². The molecule has 4 N–H and O–H groups in total. The molecule has 8 nitrogen and oxygen atoms in total. The molecule has 0 amide bonds. The Kier molecular flexibility index (Phi) is 5.99. The van der Waals surface area contributed by atoms with Crippen LogP contribution in [0.4, 0.5) is 0 Å². The van der Waals surface area contributed by atoms with Crippen molar-refractivity contribution in [3.8, 4) is 0 Å². The van der Waals surface area contributed by atoms with E-state index in [-0.39, 0.29) is 21.7 Å². The number of benzene rings is 1. The summed E-state index contributed by atoms with van der Waals surface area (Å²) in [5, 5.41) is 22.3. The number of ketones is 1. The molecule has 0 aliphatic rings. The number of aryl methyl sites for hydroxylation is 1. The molecule has 1 rings (SSSR count). The molecule has 130 valence electrons. The van der Waals surface area contributed by atoms with Gasteiger partial charge in [0.1, 0.15) is 12.4 Å². The number of sulfonamides is 1. The molecule has 0 spiro atoms. The monoisotopic (exact) mass is 354 g/mol. The third kappa shape index (κ3) is 4.74. The highest BCUT2D eigenvalue weighted by Crippen LogP contribution is 2.16. The Labute approximate surface area is 139 Å². The fraction of sp³-hybridized carbons (Fsp3) is 0.267. The van der Waals surface area contributed by atoms with Gasteiger partial charge in [0.25, 0.3) is 0 Å². The number of carbonyl (C=O) groups excluding carboxylic acids is 2. The summed E-state index contributed by atoms with van der Waals surface area (Å²) in [6, 6.07) is 3.72. The van der Waals surface area contributed by atoms with E-state index in [4.69, 9.17) is 15.3 Å². The largest absolute Gasteiger partial charge is 0.508 e. The van der Waals surface area contributed by atoms with Crippen LogP contribution >= 0.6 is 0 Å². The first-order valence-corrected chi connectivity index (χ1v) is 8.29. The smallest absolute Gasteiger partial charge is 0.338 e. The van der Waals surface area contributed by atoms with Crippen LogP contribution in [0.5, 0.6) is 0 Å². The Hall–Kier alpha value is -2.52. The molecule has 9 heteroatoms. The molecule has 0 bridgehead atoms. The number of primary sulfonamides is 1. The van der Waals surface area contributed by atoms with Crippen molar-refractivity contribution in [2.24, 2.45) is 5.14 Å². The molecule has 0 radical (unpaired) electrons. The number of carbonyl (C=O) groups is 2. The number of ether oxygens (including phenoxy) is 1. The van der Waals surface area contributed by atoms with Gasteiger partial charge in [0.05, 0.1) is 16.0 Å². The lowest BCUT2D eigenvalue weighted by molar-refractivity contribution is -0.113. The van der Waals surface area contributed by atoms with Crippen LogP contribution in [-0.4, -0.2) is 37.6 Å². The van der Waals surface area contributed by atoms with Crippen LogP contribution < -0.4 is 5.14 Å². The Bertz CT molecular complexity index is 824. The highest BCUT2D eigenvalue weighted by atomic mass is 32.2. The fourth-order valence-corrected chi connectivity index (χ4v) is 2.51. The van der Waals surface area contributed by atoms with Crippen molar-refractivity contribution in [2.75, 3.05) is 6.61 Å². The van der Waals surface area contributed by atoms with Crippen molar-refractivity contribution in [3.05, 3.63) is 40.7 Å². The molecular weight excluding hydrogens is 336 g/mol. The van der Waals surface area contributed by atoms with E-state index < -0.39 is 34.1 Å². The maximum Gasteiger partial charge on any atom is 0.338 e. The number of nitrogens with one attached hydrogen (secondary N) is 1. The number of Topliss-reactive ketones (excluding diaryl/α,β-unsaturated/α-hetero) is 1. The Balaban J connectivity index is 3.07. The quantitative estimate of drug-likeness (QED) is 0.303. The minimum absolute atomic E-state index is 0.0368. The fourth-order valence-electron chi connectivity index (χ4n) is 1.97. The number of aliphatic hydroxyl groups is 1. The van der Waals surface area contributed by atoms with Gasteiger partial charge in [0.15, 0.2) is 5.78 Å².